The molecule has 0 bridgehead atoms. The van der Waals surface area contributed by atoms with Crippen molar-refractivity contribution in [2.24, 2.45) is 5.73 Å². The number of aromatic hydroxyl groups is 1. The molecule has 1 heterocycles. The van der Waals surface area contributed by atoms with E-state index in [2.05, 4.69) is 4.98 Å². The second kappa shape index (κ2) is 4.38. The Bertz CT molecular complexity index is 559. The number of hydrogen-bond acceptors (Lipinski definition) is 3. The first-order chi connectivity index (χ1) is 8.36. The lowest BCUT2D eigenvalue weighted by molar-refractivity contribution is 0.448. The number of benzene rings is 1. The highest BCUT2D eigenvalue weighted by Crippen LogP contribution is 2.26. The van der Waals surface area contributed by atoms with Crippen LogP contribution in [0.3, 0.4) is 0 Å². The largest absolute Gasteiger partial charge is 0.493 e. The fraction of sp³-hybridized carbons (Fsp3) is 0.214. The molecule has 3 N–H and O–H groups in total. The first kappa shape index (κ1) is 12.5. The van der Waals surface area contributed by atoms with Gasteiger partial charge in [0, 0.05) is 17.2 Å². The van der Waals surface area contributed by atoms with Crippen molar-refractivity contribution in [2.45, 2.75) is 19.4 Å². The van der Waals surface area contributed by atoms with E-state index < -0.39 is 5.54 Å². The molecule has 1 aromatic heterocycles. The molecule has 0 aliphatic heterocycles. The van der Waals surface area contributed by atoms with E-state index in [0.29, 0.717) is 5.69 Å². The van der Waals surface area contributed by atoms with Gasteiger partial charge in [0.05, 0.1) is 5.69 Å². The van der Waals surface area contributed by atoms with Crippen LogP contribution in [0.2, 0.25) is 0 Å². The summed E-state index contributed by atoms with van der Waals surface area (Å²) in [5.74, 6) is -0.399. The second-order valence-electron chi connectivity index (χ2n) is 4.83. The lowest BCUT2D eigenvalue weighted by Crippen LogP contribution is -2.28. The van der Waals surface area contributed by atoms with Gasteiger partial charge in [0.25, 0.3) is 0 Å². The third-order valence-electron chi connectivity index (χ3n) is 2.70. The van der Waals surface area contributed by atoms with E-state index in [9.17, 15) is 9.50 Å². The lowest BCUT2D eigenvalue weighted by atomic mass is 9.95. The topological polar surface area (TPSA) is 59.1 Å². The van der Waals surface area contributed by atoms with E-state index in [-0.39, 0.29) is 11.7 Å². The van der Waals surface area contributed by atoms with E-state index >= 15 is 0 Å². The molecule has 1 aromatic carbocycles. The summed E-state index contributed by atoms with van der Waals surface area (Å²) in [6, 6.07) is 9.28. The van der Waals surface area contributed by atoms with Crippen LogP contribution in [0.5, 0.6) is 5.88 Å². The molecule has 0 radical (unpaired) electrons. The highest BCUT2D eigenvalue weighted by atomic mass is 19.1. The summed E-state index contributed by atoms with van der Waals surface area (Å²) in [5.41, 5.74) is 7.50. The fourth-order valence-corrected chi connectivity index (χ4v) is 1.66. The molecule has 0 aliphatic rings. The molecule has 0 unspecified atom stereocenters. The predicted molar refractivity (Wildman–Crippen MR) is 68.5 cm³/mol. The summed E-state index contributed by atoms with van der Waals surface area (Å²) in [7, 11) is 0. The zero-order valence-electron chi connectivity index (χ0n) is 10.3. The maximum absolute atomic E-state index is 12.9. The number of nitrogens with two attached hydrogens (primary N) is 1. The van der Waals surface area contributed by atoms with Crippen molar-refractivity contribution in [3.05, 3.63) is 47.8 Å². The maximum atomic E-state index is 12.9. The quantitative estimate of drug-likeness (QED) is 0.856. The minimum Gasteiger partial charge on any atom is -0.493 e. The van der Waals surface area contributed by atoms with Crippen molar-refractivity contribution in [3.8, 4) is 17.1 Å². The van der Waals surface area contributed by atoms with E-state index in [0.717, 1.165) is 11.1 Å². The normalized spacial score (nSPS) is 11.6. The molecule has 2 aromatic rings. The van der Waals surface area contributed by atoms with Crippen LogP contribution in [0.1, 0.15) is 19.4 Å². The number of pyridine rings is 1. The van der Waals surface area contributed by atoms with Gasteiger partial charge >= 0.3 is 0 Å². The minimum atomic E-state index is -0.574. The summed E-state index contributed by atoms with van der Waals surface area (Å²) in [6.07, 6.45) is 0. The van der Waals surface area contributed by atoms with E-state index in [1.165, 1.54) is 18.2 Å². The number of rotatable bonds is 2. The Morgan fingerprint density at radius 2 is 1.78 bits per heavy atom. The third kappa shape index (κ3) is 2.65. The molecule has 0 amide bonds. The van der Waals surface area contributed by atoms with Gasteiger partial charge in [0.15, 0.2) is 0 Å². The van der Waals surface area contributed by atoms with Gasteiger partial charge in [0.2, 0.25) is 5.88 Å². The van der Waals surface area contributed by atoms with Gasteiger partial charge in [0.1, 0.15) is 5.82 Å². The highest BCUT2D eigenvalue weighted by molar-refractivity contribution is 5.61. The molecule has 0 spiro atoms. The van der Waals surface area contributed by atoms with Crippen molar-refractivity contribution >= 4 is 0 Å². The zero-order valence-corrected chi connectivity index (χ0v) is 10.3. The fourth-order valence-electron chi connectivity index (χ4n) is 1.66. The third-order valence-corrected chi connectivity index (χ3v) is 2.70. The first-order valence-corrected chi connectivity index (χ1v) is 5.62. The van der Waals surface area contributed by atoms with Crippen molar-refractivity contribution in [1.29, 1.82) is 0 Å². The Morgan fingerprint density at radius 3 is 2.33 bits per heavy atom. The van der Waals surface area contributed by atoms with Crippen LogP contribution >= 0.6 is 0 Å². The lowest BCUT2D eigenvalue weighted by Gasteiger charge is -2.20. The summed E-state index contributed by atoms with van der Waals surface area (Å²) >= 11 is 0. The molecule has 94 valence electrons. The highest BCUT2D eigenvalue weighted by Gasteiger charge is 2.16. The molecule has 0 fully saturated rings. The molecule has 0 saturated heterocycles. The van der Waals surface area contributed by atoms with E-state index in [1.54, 1.807) is 18.2 Å². The van der Waals surface area contributed by atoms with E-state index in [1.807, 2.05) is 13.8 Å². The molecule has 0 aliphatic carbocycles. The SMILES string of the molecule is CC(C)(N)c1cc(O)nc(-c2ccc(F)cc2)c1. The predicted octanol–water partition coefficient (Wildman–Crippen LogP) is 2.79. The second-order valence-corrected chi connectivity index (χ2v) is 4.83. The Morgan fingerprint density at radius 1 is 1.17 bits per heavy atom. The first-order valence-electron chi connectivity index (χ1n) is 5.62. The standard InChI is InChI=1S/C14H15FN2O/c1-14(2,16)10-7-12(17-13(18)8-10)9-3-5-11(15)6-4-9/h3-8H,16H2,1-2H3,(H,17,18). The summed E-state index contributed by atoms with van der Waals surface area (Å²) in [4.78, 5) is 4.02. The van der Waals surface area contributed by atoms with Crippen molar-refractivity contribution in [1.82, 2.24) is 4.98 Å². The molecule has 0 atom stereocenters. The van der Waals surface area contributed by atoms with Gasteiger partial charge < -0.3 is 10.8 Å². The number of aromatic nitrogens is 1. The van der Waals surface area contributed by atoms with Gasteiger partial charge in [-0.1, -0.05) is 0 Å². The Balaban J connectivity index is 2.52. The number of halogens is 1. The van der Waals surface area contributed by atoms with Crippen molar-refractivity contribution < 1.29 is 9.50 Å². The van der Waals surface area contributed by atoms with Gasteiger partial charge in [-0.05, 0) is 49.7 Å². The molecule has 2 rings (SSSR count). The Hall–Kier alpha value is -1.94. The van der Waals surface area contributed by atoms with Crippen molar-refractivity contribution in [2.75, 3.05) is 0 Å². The van der Waals surface area contributed by atoms with Gasteiger partial charge in [-0.2, -0.15) is 0 Å². The van der Waals surface area contributed by atoms with Crippen LogP contribution in [0.15, 0.2) is 36.4 Å². The smallest absolute Gasteiger partial charge is 0.211 e. The van der Waals surface area contributed by atoms with Gasteiger partial charge in [-0.15, -0.1) is 0 Å². The van der Waals surface area contributed by atoms with Crippen molar-refractivity contribution in [3.63, 3.8) is 0 Å². The van der Waals surface area contributed by atoms with Crippen LogP contribution in [-0.2, 0) is 5.54 Å². The van der Waals surface area contributed by atoms with Crippen LogP contribution in [-0.4, -0.2) is 10.1 Å². The molecule has 3 nitrogen and oxygen atoms in total. The monoisotopic (exact) mass is 246 g/mol. The molecule has 18 heavy (non-hydrogen) atoms. The molecule has 4 heteroatoms. The minimum absolute atomic E-state index is 0.0923. The van der Waals surface area contributed by atoms with Crippen LogP contribution in [0.25, 0.3) is 11.3 Å². The van der Waals surface area contributed by atoms with Crippen LogP contribution in [0, 0.1) is 5.82 Å². The van der Waals surface area contributed by atoms with Crippen LogP contribution < -0.4 is 5.73 Å². The molecule has 0 saturated carbocycles. The Kier molecular flexibility index (Phi) is 3.05. The summed E-state index contributed by atoms with van der Waals surface area (Å²) in [5, 5.41) is 9.63. The van der Waals surface area contributed by atoms with Crippen LogP contribution in [0.4, 0.5) is 4.39 Å². The molecular formula is C14H15FN2O. The molecular weight excluding hydrogens is 231 g/mol. The van der Waals surface area contributed by atoms with Gasteiger partial charge in [-0.25, -0.2) is 9.37 Å². The number of hydrogen-bond donors (Lipinski definition) is 2. The van der Waals surface area contributed by atoms with Gasteiger partial charge in [-0.3, -0.25) is 0 Å². The average molecular weight is 246 g/mol. The zero-order chi connectivity index (χ0) is 13.3. The van der Waals surface area contributed by atoms with E-state index in [4.69, 9.17) is 5.73 Å². The average Bonchev–Trinajstić information content (AvgIpc) is 2.28. The summed E-state index contributed by atoms with van der Waals surface area (Å²) in [6.45, 7) is 3.69. The summed E-state index contributed by atoms with van der Waals surface area (Å²) < 4.78 is 12.9. The number of nitrogens with zero attached hydrogens (tertiary/aromatic N) is 1. The Labute approximate surface area is 105 Å². The maximum Gasteiger partial charge on any atom is 0.211 e.